The first-order valence-electron chi connectivity index (χ1n) is 8.23. The Kier molecular flexibility index (Phi) is 4.83. The molecule has 0 bridgehead atoms. The molecule has 0 spiro atoms. The van der Waals surface area contributed by atoms with Crippen LogP contribution < -0.4 is 4.72 Å². The lowest BCUT2D eigenvalue weighted by atomic mass is 10.0. The maximum atomic E-state index is 12.6. The number of hydrogen-bond donors (Lipinski definition) is 1. The first kappa shape index (κ1) is 18.8. The van der Waals surface area contributed by atoms with Gasteiger partial charge in [0.15, 0.2) is 0 Å². The summed E-state index contributed by atoms with van der Waals surface area (Å²) in [5, 5.41) is -0.500. The number of aromatic nitrogens is 1. The molecular formula is C18H19F3N2O2S. The van der Waals surface area contributed by atoms with Crippen LogP contribution in [-0.4, -0.2) is 24.7 Å². The van der Waals surface area contributed by atoms with Crippen molar-refractivity contribution in [2.24, 2.45) is 0 Å². The molecule has 1 aromatic carbocycles. The van der Waals surface area contributed by atoms with Gasteiger partial charge in [-0.25, -0.2) is 13.1 Å². The van der Waals surface area contributed by atoms with Gasteiger partial charge in [-0.15, -0.1) is 0 Å². The van der Waals surface area contributed by atoms with Crippen LogP contribution in [-0.2, 0) is 29.0 Å². The van der Waals surface area contributed by atoms with Crippen molar-refractivity contribution in [2.75, 3.05) is 0 Å². The third kappa shape index (κ3) is 3.91. The molecule has 2 aromatic rings. The van der Waals surface area contributed by atoms with E-state index in [-0.39, 0.29) is 6.04 Å². The van der Waals surface area contributed by atoms with Crippen molar-refractivity contribution in [3.05, 3.63) is 53.3 Å². The predicted octanol–water partition coefficient (Wildman–Crippen LogP) is 3.56. The van der Waals surface area contributed by atoms with E-state index in [9.17, 15) is 21.6 Å². The minimum atomic E-state index is -4.46. The Labute approximate surface area is 150 Å². The van der Waals surface area contributed by atoms with E-state index in [1.54, 1.807) is 13.8 Å². The van der Waals surface area contributed by atoms with Crippen molar-refractivity contribution in [3.63, 3.8) is 0 Å². The van der Waals surface area contributed by atoms with Crippen molar-refractivity contribution < 1.29 is 21.6 Å². The highest BCUT2D eigenvalue weighted by Crippen LogP contribution is 2.31. The van der Waals surface area contributed by atoms with Crippen LogP contribution in [0.5, 0.6) is 0 Å². The summed E-state index contributed by atoms with van der Waals surface area (Å²) in [5.74, 6) is 0. The molecule has 1 unspecified atom stereocenters. The molecule has 1 atom stereocenters. The standard InChI is InChI=1S/C18H19F3N2O2S/c1-11(2)26(24,25)23-16-8-13-4-3-12(7-15(13)9-16)14-5-6-17(22-10-14)18(19,20)21/h3-7,10-11,16,23H,8-9H2,1-2H3. The van der Waals surface area contributed by atoms with E-state index in [2.05, 4.69) is 9.71 Å². The molecule has 0 fully saturated rings. The van der Waals surface area contributed by atoms with Crippen LogP contribution in [0.15, 0.2) is 36.5 Å². The number of pyridine rings is 1. The van der Waals surface area contributed by atoms with Crippen molar-refractivity contribution in [1.29, 1.82) is 0 Å². The van der Waals surface area contributed by atoms with Gasteiger partial charge in [0.05, 0.1) is 5.25 Å². The molecule has 8 heteroatoms. The lowest BCUT2D eigenvalue weighted by Crippen LogP contribution is -2.39. The maximum Gasteiger partial charge on any atom is 0.433 e. The minimum Gasteiger partial charge on any atom is -0.251 e. The smallest absolute Gasteiger partial charge is 0.251 e. The summed E-state index contributed by atoms with van der Waals surface area (Å²) in [6.45, 7) is 3.25. The fraction of sp³-hybridized carbons (Fsp3) is 0.389. The van der Waals surface area contributed by atoms with Crippen LogP contribution in [0.25, 0.3) is 11.1 Å². The third-order valence-corrected chi connectivity index (χ3v) is 6.38. The zero-order valence-corrected chi connectivity index (χ0v) is 15.2. The zero-order valence-electron chi connectivity index (χ0n) is 14.3. The molecule has 0 radical (unpaired) electrons. The second-order valence-electron chi connectivity index (χ2n) is 6.73. The Morgan fingerprint density at radius 3 is 2.31 bits per heavy atom. The number of fused-ring (bicyclic) bond motifs is 1. The molecule has 1 aliphatic carbocycles. The number of halogens is 3. The topological polar surface area (TPSA) is 59.1 Å². The monoisotopic (exact) mass is 384 g/mol. The van der Waals surface area contributed by atoms with Crippen LogP contribution >= 0.6 is 0 Å². The number of sulfonamides is 1. The van der Waals surface area contributed by atoms with E-state index in [0.717, 1.165) is 22.8 Å². The molecule has 26 heavy (non-hydrogen) atoms. The van der Waals surface area contributed by atoms with Gasteiger partial charge >= 0.3 is 6.18 Å². The van der Waals surface area contributed by atoms with E-state index in [1.807, 2.05) is 18.2 Å². The summed E-state index contributed by atoms with van der Waals surface area (Å²) < 4.78 is 64.6. The summed E-state index contributed by atoms with van der Waals surface area (Å²) in [5.41, 5.74) is 2.47. The number of nitrogens with one attached hydrogen (secondary N) is 1. The minimum absolute atomic E-state index is 0.196. The predicted molar refractivity (Wildman–Crippen MR) is 93.1 cm³/mol. The van der Waals surface area contributed by atoms with E-state index in [1.165, 1.54) is 12.3 Å². The summed E-state index contributed by atoms with van der Waals surface area (Å²) in [7, 11) is -3.35. The molecular weight excluding hydrogens is 365 g/mol. The van der Waals surface area contributed by atoms with Crippen LogP contribution in [0.3, 0.4) is 0 Å². The number of hydrogen-bond acceptors (Lipinski definition) is 3. The molecule has 0 amide bonds. The van der Waals surface area contributed by atoms with Crippen LogP contribution in [0.2, 0.25) is 0 Å². The van der Waals surface area contributed by atoms with Gasteiger partial charge in [0.1, 0.15) is 5.69 Å². The Morgan fingerprint density at radius 1 is 1.08 bits per heavy atom. The normalized spacial score (nSPS) is 17.5. The maximum absolute atomic E-state index is 12.6. The molecule has 0 saturated carbocycles. The SMILES string of the molecule is CC(C)S(=O)(=O)NC1Cc2ccc(-c3ccc(C(F)(F)F)nc3)cc2C1. The largest absolute Gasteiger partial charge is 0.433 e. The van der Waals surface area contributed by atoms with Gasteiger partial charge in [-0.1, -0.05) is 24.3 Å². The number of alkyl halides is 3. The highest BCUT2D eigenvalue weighted by molar-refractivity contribution is 7.90. The van der Waals surface area contributed by atoms with Crippen molar-refractivity contribution in [2.45, 2.75) is 44.2 Å². The van der Waals surface area contributed by atoms with Crippen molar-refractivity contribution in [3.8, 4) is 11.1 Å². The Bertz CT molecular complexity index is 907. The van der Waals surface area contributed by atoms with Crippen LogP contribution in [0, 0.1) is 0 Å². The lowest BCUT2D eigenvalue weighted by molar-refractivity contribution is -0.141. The average Bonchev–Trinajstić information content (AvgIpc) is 2.94. The van der Waals surface area contributed by atoms with E-state index >= 15 is 0 Å². The highest BCUT2D eigenvalue weighted by Gasteiger charge is 2.32. The van der Waals surface area contributed by atoms with Crippen LogP contribution in [0.1, 0.15) is 30.7 Å². The van der Waals surface area contributed by atoms with Gasteiger partial charge in [0, 0.05) is 17.8 Å². The summed E-state index contributed by atoms with van der Waals surface area (Å²) in [6.07, 6.45) is -2.09. The average molecular weight is 384 g/mol. The molecule has 0 aliphatic heterocycles. The molecule has 4 nitrogen and oxygen atoms in total. The lowest BCUT2D eigenvalue weighted by Gasteiger charge is -2.14. The van der Waals surface area contributed by atoms with Gasteiger partial charge in [-0.3, -0.25) is 4.98 Å². The number of rotatable bonds is 4. The first-order chi connectivity index (χ1) is 12.1. The second-order valence-corrected chi connectivity index (χ2v) is 9.00. The van der Waals surface area contributed by atoms with E-state index in [0.29, 0.717) is 18.4 Å². The second kappa shape index (κ2) is 6.66. The highest BCUT2D eigenvalue weighted by atomic mass is 32.2. The fourth-order valence-corrected chi connectivity index (χ4v) is 3.89. The zero-order chi connectivity index (χ0) is 19.1. The Morgan fingerprint density at radius 2 is 1.73 bits per heavy atom. The van der Waals surface area contributed by atoms with Gasteiger partial charge in [-0.2, -0.15) is 13.2 Å². The first-order valence-corrected chi connectivity index (χ1v) is 9.77. The van der Waals surface area contributed by atoms with E-state index in [4.69, 9.17) is 0 Å². The summed E-state index contributed by atoms with van der Waals surface area (Å²) in [4.78, 5) is 3.49. The van der Waals surface area contributed by atoms with Gasteiger partial charge in [0.2, 0.25) is 10.0 Å². The number of benzene rings is 1. The van der Waals surface area contributed by atoms with Crippen molar-refractivity contribution in [1.82, 2.24) is 9.71 Å². The quantitative estimate of drug-likeness (QED) is 0.877. The van der Waals surface area contributed by atoms with Gasteiger partial charge in [-0.05, 0) is 49.4 Å². The number of nitrogens with zero attached hydrogens (tertiary/aromatic N) is 1. The van der Waals surface area contributed by atoms with Crippen LogP contribution in [0.4, 0.5) is 13.2 Å². The molecule has 1 N–H and O–H groups in total. The molecule has 1 aromatic heterocycles. The molecule has 0 saturated heterocycles. The van der Waals surface area contributed by atoms with Gasteiger partial charge in [0.25, 0.3) is 0 Å². The van der Waals surface area contributed by atoms with Crippen molar-refractivity contribution >= 4 is 10.0 Å². The molecule has 1 aliphatic rings. The van der Waals surface area contributed by atoms with Gasteiger partial charge < -0.3 is 0 Å². The third-order valence-electron chi connectivity index (χ3n) is 4.48. The summed E-state index contributed by atoms with van der Waals surface area (Å²) >= 11 is 0. The molecule has 1 heterocycles. The molecule has 140 valence electrons. The molecule has 3 rings (SSSR count). The van der Waals surface area contributed by atoms with E-state index < -0.39 is 27.1 Å². The Hall–Kier alpha value is -1.93. The fourth-order valence-electron chi connectivity index (χ4n) is 2.98. The summed E-state index contributed by atoms with van der Waals surface area (Å²) in [6, 6.07) is 7.77. The Balaban J connectivity index is 1.79.